The lowest BCUT2D eigenvalue weighted by molar-refractivity contribution is -0.123. The van der Waals surface area contributed by atoms with Gasteiger partial charge in [0.1, 0.15) is 4.33 Å². The van der Waals surface area contributed by atoms with Gasteiger partial charge < -0.3 is 10.4 Å². The Morgan fingerprint density at radius 3 is 2.50 bits per heavy atom. The normalized spacial score (nSPS) is 30.8. The molecule has 3 nitrogen and oxygen atoms in total. The molecular weight excluding hydrogens is 269 g/mol. The zero-order chi connectivity index (χ0) is 11.8. The van der Waals surface area contributed by atoms with E-state index in [1.165, 1.54) is 0 Å². The van der Waals surface area contributed by atoms with Crippen molar-refractivity contribution in [3.63, 3.8) is 0 Å². The van der Waals surface area contributed by atoms with Crippen LogP contribution < -0.4 is 5.32 Å². The van der Waals surface area contributed by atoms with Crippen molar-refractivity contribution in [2.24, 2.45) is 5.92 Å². The summed E-state index contributed by atoms with van der Waals surface area (Å²) in [4.78, 5) is 11.6. The molecule has 1 amide bonds. The smallest absolute Gasteiger partial charge is 0.226 e. The first kappa shape index (κ1) is 12.8. The third-order valence-electron chi connectivity index (χ3n) is 3.16. The molecule has 2 fully saturated rings. The lowest BCUT2D eigenvalue weighted by atomic mass is 9.97. The number of rotatable bonds is 3. The zero-order valence-electron chi connectivity index (χ0n) is 8.84. The summed E-state index contributed by atoms with van der Waals surface area (Å²) in [5.74, 6) is 1.45. The highest BCUT2D eigenvalue weighted by Gasteiger charge is 2.56. The maximum Gasteiger partial charge on any atom is 0.226 e. The topological polar surface area (TPSA) is 49.3 Å². The highest BCUT2D eigenvalue weighted by Crippen LogP contribution is 2.53. The molecule has 0 radical (unpaired) electrons. The first-order valence-electron chi connectivity index (χ1n) is 5.39. The van der Waals surface area contributed by atoms with Gasteiger partial charge in [-0.25, -0.2) is 0 Å². The van der Waals surface area contributed by atoms with Crippen LogP contribution in [-0.2, 0) is 4.79 Å². The van der Waals surface area contributed by atoms with E-state index in [1.807, 2.05) is 11.8 Å². The summed E-state index contributed by atoms with van der Waals surface area (Å²) in [6.07, 6.45) is 1.97. The van der Waals surface area contributed by atoms with E-state index in [1.54, 1.807) is 0 Å². The van der Waals surface area contributed by atoms with Crippen LogP contribution in [0, 0.1) is 5.92 Å². The Bertz CT molecular complexity index is 293. The van der Waals surface area contributed by atoms with Gasteiger partial charge >= 0.3 is 0 Å². The van der Waals surface area contributed by atoms with Gasteiger partial charge in [-0.2, -0.15) is 11.8 Å². The highest BCUT2D eigenvalue weighted by molar-refractivity contribution is 7.99. The van der Waals surface area contributed by atoms with Gasteiger partial charge in [0.25, 0.3) is 0 Å². The molecule has 0 aromatic heterocycles. The van der Waals surface area contributed by atoms with Crippen LogP contribution in [-0.4, -0.2) is 39.0 Å². The van der Waals surface area contributed by atoms with Crippen molar-refractivity contribution < 1.29 is 9.90 Å². The van der Waals surface area contributed by atoms with E-state index in [9.17, 15) is 9.90 Å². The molecule has 2 aliphatic rings. The Labute approximate surface area is 109 Å². The summed E-state index contributed by atoms with van der Waals surface area (Å²) < 4.78 is -0.880. The van der Waals surface area contributed by atoms with Crippen LogP contribution in [0.4, 0.5) is 0 Å². The largest absolute Gasteiger partial charge is 0.388 e. The standard InChI is InChI=1S/C10H15Cl2NO2S/c11-10(12)5-7(10)8(14)13-6-9(15)1-3-16-4-2-9/h7,15H,1-6H2,(H,13,14)/t7-/m0/s1. The molecule has 0 aromatic rings. The summed E-state index contributed by atoms with van der Waals surface area (Å²) >= 11 is 13.4. The number of carbonyl (C=O) groups is 1. The minimum Gasteiger partial charge on any atom is -0.388 e. The minimum atomic E-state index is -0.880. The number of thioether (sulfide) groups is 1. The molecule has 2 N–H and O–H groups in total. The number of hydrogen-bond donors (Lipinski definition) is 2. The fraction of sp³-hybridized carbons (Fsp3) is 0.900. The van der Waals surface area contributed by atoms with Crippen LogP contribution in [0.25, 0.3) is 0 Å². The van der Waals surface area contributed by atoms with Gasteiger partial charge in [0, 0.05) is 6.54 Å². The van der Waals surface area contributed by atoms with E-state index in [0.29, 0.717) is 13.0 Å². The Balaban J connectivity index is 1.76. The molecule has 0 bridgehead atoms. The Kier molecular flexibility index (Phi) is 3.65. The Hall–Kier alpha value is 0.360. The fourth-order valence-electron chi connectivity index (χ4n) is 1.80. The molecule has 92 valence electrons. The highest BCUT2D eigenvalue weighted by atomic mass is 35.5. The van der Waals surface area contributed by atoms with E-state index in [4.69, 9.17) is 23.2 Å². The van der Waals surface area contributed by atoms with E-state index in [2.05, 4.69) is 5.32 Å². The van der Waals surface area contributed by atoms with E-state index in [-0.39, 0.29) is 11.8 Å². The van der Waals surface area contributed by atoms with E-state index >= 15 is 0 Å². The number of hydrogen-bond acceptors (Lipinski definition) is 3. The molecule has 1 aliphatic heterocycles. The summed E-state index contributed by atoms with van der Waals surface area (Å²) in [6, 6.07) is 0. The second-order valence-corrected chi connectivity index (χ2v) is 7.34. The molecule has 1 saturated heterocycles. The molecule has 0 unspecified atom stereocenters. The average Bonchev–Trinajstić information content (AvgIpc) is 2.86. The Morgan fingerprint density at radius 1 is 1.44 bits per heavy atom. The van der Waals surface area contributed by atoms with Gasteiger partial charge in [-0.15, -0.1) is 23.2 Å². The number of nitrogens with one attached hydrogen (secondary N) is 1. The summed E-state index contributed by atoms with van der Waals surface area (Å²) in [7, 11) is 0. The number of carbonyl (C=O) groups excluding carboxylic acids is 1. The summed E-state index contributed by atoms with van der Waals surface area (Å²) in [5, 5.41) is 12.9. The first-order valence-corrected chi connectivity index (χ1v) is 7.30. The predicted octanol–water partition coefficient (Wildman–Crippen LogP) is 1.55. The van der Waals surface area contributed by atoms with E-state index < -0.39 is 9.93 Å². The van der Waals surface area contributed by atoms with Crippen LogP contribution in [0.15, 0.2) is 0 Å². The molecule has 1 aliphatic carbocycles. The van der Waals surface area contributed by atoms with Gasteiger partial charge in [0.2, 0.25) is 5.91 Å². The van der Waals surface area contributed by atoms with Crippen LogP contribution in [0.5, 0.6) is 0 Å². The van der Waals surface area contributed by atoms with Crippen molar-refractivity contribution in [3.05, 3.63) is 0 Å². The van der Waals surface area contributed by atoms with E-state index in [0.717, 1.165) is 24.3 Å². The number of halogens is 2. The fourth-order valence-corrected chi connectivity index (χ4v) is 3.56. The van der Waals surface area contributed by atoms with Crippen molar-refractivity contribution in [3.8, 4) is 0 Å². The maximum atomic E-state index is 11.6. The quantitative estimate of drug-likeness (QED) is 0.773. The van der Waals surface area contributed by atoms with Crippen molar-refractivity contribution in [2.75, 3.05) is 18.1 Å². The van der Waals surface area contributed by atoms with Gasteiger partial charge in [-0.1, -0.05) is 0 Å². The van der Waals surface area contributed by atoms with Crippen molar-refractivity contribution in [1.29, 1.82) is 0 Å². The molecule has 1 heterocycles. The van der Waals surface area contributed by atoms with Crippen molar-refractivity contribution in [1.82, 2.24) is 5.32 Å². The second kappa shape index (κ2) is 4.56. The molecule has 1 saturated carbocycles. The van der Waals surface area contributed by atoms with Crippen molar-refractivity contribution >= 4 is 40.9 Å². The van der Waals surface area contributed by atoms with Crippen LogP contribution in [0.2, 0.25) is 0 Å². The number of amides is 1. The Morgan fingerprint density at radius 2 is 2.00 bits per heavy atom. The average molecular weight is 284 g/mol. The van der Waals surface area contributed by atoms with Gasteiger partial charge in [-0.05, 0) is 30.8 Å². The third kappa shape index (κ3) is 2.97. The van der Waals surface area contributed by atoms with Crippen LogP contribution in [0.3, 0.4) is 0 Å². The van der Waals surface area contributed by atoms with Crippen LogP contribution in [0.1, 0.15) is 19.3 Å². The van der Waals surface area contributed by atoms with Crippen molar-refractivity contribution in [2.45, 2.75) is 29.2 Å². The van der Waals surface area contributed by atoms with Crippen LogP contribution >= 0.6 is 35.0 Å². The predicted molar refractivity (Wildman–Crippen MR) is 67.1 cm³/mol. The first-order chi connectivity index (χ1) is 7.43. The van der Waals surface area contributed by atoms with Gasteiger partial charge in [0.05, 0.1) is 11.5 Å². The summed E-state index contributed by atoms with van der Waals surface area (Å²) in [5.41, 5.74) is -0.739. The second-order valence-electron chi connectivity index (χ2n) is 4.57. The third-order valence-corrected chi connectivity index (χ3v) is 4.98. The molecule has 1 atom stereocenters. The number of aliphatic hydroxyl groups is 1. The monoisotopic (exact) mass is 283 g/mol. The molecule has 16 heavy (non-hydrogen) atoms. The molecular formula is C10H15Cl2NO2S. The maximum absolute atomic E-state index is 11.6. The lowest BCUT2D eigenvalue weighted by Gasteiger charge is -2.31. The molecule has 6 heteroatoms. The number of alkyl halides is 2. The minimum absolute atomic E-state index is 0.142. The SMILES string of the molecule is O=C(NCC1(O)CCSCC1)[C@@H]1CC1(Cl)Cl. The van der Waals surface area contributed by atoms with Gasteiger partial charge in [0.15, 0.2) is 0 Å². The van der Waals surface area contributed by atoms with Gasteiger partial charge in [-0.3, -0.25) is 4.79 Å². The lowest BCUT2D eigenvalue weighted by Crippen LogP contribution is -2.46. The zero-order valence-corrected chi connectivity index (χ0v) is 11.2. The summed E-state index contributed by atoms with van der Waals surface area (Å²) in [6.45, 7) is 0.312. The molecule has 0 spiro atoms. The molecule has 2 rings (SSSR count). The molecule has 0 aromatic carbocycles.